The summed E-state index contributed by atoms with van der Waals surface area (Å²) in [7, 11) is 0. The second-order valence-electron chi connectivity index (χ2n) is 8.13. The van der Waals surface area contributed by atoms with Crippen LogP contribution in [0, 0.1) is 0 Å². The van der Waals surface area contributed by atoms with E-state index in [-0.39, 0.29) is 23.3 Å². The van der Waals surface area contributed by atoms with E-state index < -0.39 is 0 Å². The molecule has 0 bridgehead atoms. The van der Waals surface area contributed by atoms with Crippen molar-refractivity contribution < 1.29 is 9.53 Å². The number of aryl methyl sites for hydroxylation is 2. The van der Waals surface area contributed by atoms with Gasteiger partial charge in [-0.1, -0.05) is 23.4 Å². The molecule has 1 fully saturated rings. The maximum Gasteiger partial charge on any atom is 0.267 e. The third kappa shape index (κ3) is 4.46. The molecule has 2 aromatic heterocycles. The summed E-state index contributed by atoms with van der Waals surface area (Å²) < 4.78 is 7.19. The first-order valence-electron chi connectivity index (χ1n) is 10.9. The summed E-state index contributed by atoms with van der Waals surface area (Å²) in [4.78, 5) is 33.0. The summed E-state index contributed by atoms with van der Waals surface area (Å²) in [5.41, 5.74) is 1.79. The van der Waals surface area contributed by atoms with E-state index >= 15 is 0 Å². The highest BCUT2D eigenvalue weighted by Crippen LogP contribution is 2.35. The van der Waals surface area contributed by atoms with Crippen molar-refractivity contribution in [2.75, 3.05) is 18.9 Å². The molecule has 6 nitrogen and oxygen atoms in total. The normalized spacial score (nSPS) is 18.1. The molecule has 2 aliphatic rings. The van der Waals surface area contributed by atoms with E-state index in [2.05, 4.69) is 5.32 Å². The number of hydrogen-bond acceptors (Lipinski definition) is 6. The second-order valence-corrected chi connectivity index (χ2v) is 10.6. The number of aromatic nitrogens is 2. The van der Waals surface area contributed by atoms with Crippen LogP contribution in [-0.2, 0) is 22.4 Å². The third-order valence-corrected chi connectivity index (χ3v) is 8.30. The number of benzene rings is 1. The van der Waals surface area contributed by atoms with E-state index in [9.17, 15) is 9.59 Å². The number of thiophene rings is 1. The van der Waals surface area contributed by atoms with Gasteiger partial charge in [-0.15, -0.1) is 11.3 Å². The van der Waals surface area contributed by atoms with E-state index in [1.807, 2.05) is 12.1 Å². The molecule has 5 rings (SSSR count). The molecule has 1 aromatic carbocycles. The van der Waals surface area contributed by atoms with Crippen LogP contribution >= 0.6 is 34.7 Å². The lowest BCUT2D eigenvalue weighted by atomic mass is 9.97. The Kier molecular flexibility index (Phi) is 6.55. The Balaban J connectivity index is 1.47. The molecule has 1 N–H and O–H groups in total. The molecule has 0 spiro atoms. The standard InChI is InChI=1S/C23H24ClN3O3S2/c24-14-7-9-15(10-8-14)27-22(29)20-17-5-1-2-6-18(17)32-21(20)26-23(27)31-13-19(28)25-12-16-4-3-11-30-16/h7-10,16H,1-6,11-13H2,(H,25,28). The summed E-state index contributed by atoms with van der Waals surface area (Å²) >= 11 is 8.98. The maximum absolute atomic E-state index is 13.7. The number of amides is 1. The lowest BCUT2D eigenvalue weighted by Crippen LogP contribution is -2.33. The van der Waals surface area contributed by atoms with Crippen LogP contribution in [0.1, 0.15) is 36.1 Å². The SMILES string of the molecule is O=C(CSc1nc2sc3c(c2c(=O)n1-c1ccc(Cl)cc1)CCCC3)NCC1CCCO1. The van der Waals surface area contributed by atoms with Crippen LogP contribution in [0.15, 0.2) is 34.2 Å². The van der Waals surface area contributed by atoms with E-state index in [0.717, 1.165) is 60.9 Å². The highest BCUT2D eigenvalue weighted by Gasteiger charge is 2.23. The number of ether oxygens (including phenoxy) is 1. The van der Waals surface area contributed by atoms with E-state index in [0.29, 0.717) is 22.4 Å². The molecule has 0 saturated carbocycles. The molecule has 0 radical (unpaired) electrons. The number of nitrogens with one attached hydrogen (secondary N) is 1. The van der Waals surface area contributed by atoms with Crippen molar-refractivity contribution in [1.29, 1.82) is 0 Å². The van der Waals surface area contributed by atoms with Crippen LogP contribution in [0.4, 0.5) is 0 Å². The summed E-state index contributed by atoms with van der Waals surface area (Å²) in [6.45, 7) is 1.28. The lowest BCUT2D eigenvalue weighted by Gasteiger charge is -2.14. The molecular formula is C23H24ClN3O3S2. The second kappa shape index (κ2) is 9.55. The topological polar surface area (TPSA) is 73.2 Å². The van der Waals surface area contributed by atoms with Crippen LogP contribution in [0.25, 0.3) is 15.9 Å². The molecule has 1 aliphatic carbocycles. The molecule has 1 saturated heterocycles. The van der Waals surface area contributed by atoms with Crippen LogP contribution in [0.5, 0.6) is 0 Å². The number of rotatable bonds is 6. The highest BCUT2D eigenvalue weighted by molar-refractivity contribution is 7.99. The Bertz CT molecular complexity index is 1200. The zero-order valence-corrected chi connectivity index (χ0v) is 20.0. The molecule has 9 heteroatoms. The zero-order valence-electron chi connectivity index (χ0n) is 17.6. The van der Waals surface area contributed by atoms with Gasteiger partial charge in [0.1, 0.15) is 4.83 Å². The van der Waals surface area contributed by atoms with Gasteiger partial charge in [-0.3, -0.25) is 14.2 Å². The first-order valence-corrected chi connectivity index (χ1v) is 13.1. The maximum atomic E-state index is 13.7. The molecule has 32 heavy (non-hydrogen) atoms. The lowest BCUT2D eigenvalue weighted by molar-refractivity contribution is -0.119. The molecular weight excluding hydrogens is 466 g/mol. The van der Waals surface area contributed by atoms with Gasteiger partial charge in [0.2, 0.25) is 5.91 Å². The number of fused-ring (bicyclic) bond motifs is 3. The van der Waals surface area contributed by atoms with Crippen LogP contribution in [0.2, 0.25) is 5.02 Å². The molecule has 1 aliphatic heterocycles. The Hall–Kier alpha value is -1.87. The quantitative estimate of drug-likeness (QED) is 0.411. The minimum Gasteiger partial charge on any atom is -0.376 e. The van der Waals surface area contributed by atoms with Gasteiger partial charge >= 0.3 is 0 Å². The fraction of sp³-hybridized carbons (Fsp3) is 0.435. The van der Waals surface area contributed by atoms with Gasteiger partial charge in [0.05, 0.1) is 22.9 Å². The van der Waals surface area contributed by atoms with Gasteiger partial charge in [-0.25, -0.2) is 4.98 Å². The zero-order chi connectivity index (χ0) is 22.1. The number of thioether (sulfide) groups is 1. The first-order chi connectivity index (χ1) is 15.6. The largest absolute Gasteiger partial charge is 0.376 e. The molecule has 1 atom stereocenters. The van der Waals surface area contributed by atoms with Gasteiger partial charge < -0.3 is 10.1 Å². The van der Waals surface area contributed by atoms with E-state index in [1.165, 1.54) is 16.6 Å². The van der Waals surface area contributed by atoms with Crippen molar-refractivity contribution in [3.8, 4) is 5.69 Å². The van der Waals surface area contributed by atoms with Crippen molar-refractivity contribution in [2.45, 2.75) is 49.8 Å². The fourth-order valence-electron chi connectivity index (χ4n) is 4.32. The monoisotopic (exact) mass is 489 g/mol. The highest BCUT2D eigenvalue weighted by atomic mass is 35.5. The summed E-state index contributed by atoms with van der Waals surface area (Å²) in [6, 6.07) is 7.16. The number of carbonyl (C=O) groups excluding carboxylic acids is 1. The van der Waals surface area contributed by atoms with Gasteiger partial charge in [0.15, 0.2) is 5.16 Å². The first kappa shape index (κ1) is 21.9. The Labute approximate surface area is 199 Å². The average Bonchev–Trinajstić information content (AvgIpc) is 3.45. The molecule has 1 unspecified atom stereocenters. The number of halogens is 1. The Morgan fingerprint density at radius 3 is 2.84 bits per heavy atom. The molecule has 168 valence electrons. The van der Waals surface area contributed by atoms with Crippen LogP contribution in [-0.4, -0.2) is 40.5 Å². The van der Waals surface area contributed by atoms with E-state index in [1.54, 1.807) is 28.0 Å². The summed E-state index contributed by atoms with van der Waals surface area (Å²) in [5.74, 6) is 0.0940. The van der Waals surface area contributed by atoms with Gasteiger partial charge in [-0.05, 0) is 68.4 Å². The molecule has 3 aromatic rings. The van der Waals surface area contributed by atoms with Gasteiger partial charge in [0.25, 0.3) is 5.56 Å². The number of carbonyl (C=O) groups is 1. The predicted molar refractivity (Wildman–Crippen MR) is 130 cm³/mol. The Morgan fingerprint density at radius 1 is 1.25 bits per heavy atom. The van der Waals surface area contributed by atoms with Gasteiger partial charge in [0, 0.05) is 23.1 Å². The van der Waals surface area contributed by atoms with Crippen molar-refractivity contribution in [3.05, 3.63) is 50.1 Å². The van der Waals surface area contributed by atoms with Crippen molar-refractivity contribution in [1.82, 2.24) is 14.9 Å². The van der Waals surface area contributed by atoms with Crippen molar-refractivity contribution in [2.24, 2.45) is 0 Å². The average molecular weight is 490 g/mol. The van der Waals surface area contributed by atoms with Gasteiger partial charge in [-0.2, -0.15) is 0 Å². The fourth-order valence-corrected chi connectivity index (χ4v) is 6.59. The smallest absolute Gasteiger partial charge is 0.267 e. The number of hydrogen-bond donors (Lipinski definition) is 1. The summed E-state index contributed by atoms with van der Waals surface area (Å²) in [6.07, 6.45) is 6.29. The van der Waals surface area contributed by atoms with Crippen LogP contribution < -0.4 is 10.9 Å². The van der Waals surface area contributed by atoms with Crippen LogP contribution in [0.3, 0.4) is 0 Å². The number of nitrogens with zero attached hydrogens (tertiary/aromatic N) is 2. The van der Waals surface area contributed by atoms with Crippen molar-refractivity contribution >= 4 is 50.8 Å². The molecule has 1 amide bonds. The minimum atomic E-state index is -0.0898. The Morgan fingerprint density at radius 2 is 2.06 bits per heavy atom. The van der Waals surface area contributed by atoms with Crippen molar-refractivity contribution in [3.63, 3.8) is 0 Å². The predicted octanol–water partition coefficient (Wildman–Crippen LogP) is 4.37. The summed E-state index contributed by atoms with van der Waals surface area (Å²) in [5, 5.41) is 4.79. The minimum absolute atomic E-state index is 0.0704. The van der Waals surface area contributed by atoms with E-state index in [4.69, 9.17) is 21.3 Å². The third-order valence-electron chi connectivity index (χ3n) is 5.93. The molecule has 3 heterocycles.